The monoisotopic (exact) mass is 394 g/mol. The highest BCUT2D eigenvalue weighted by Gasteiger charge is 2.24. The molecule has 4 heterocycles. The molecule has 1 saturated heterocycles. The van der Waals surface area contributed by atoms with E-state index in [0.29, 0.717) is 18.0 Å². The first kappa shape index (κ1) is 19.2. The molecule has 0 aromatic carbocycles. The van der Waals surface area contributed by atoms with Crippen molar-refractivity contribution in [3.05, 3.63) is 60.4 Å². The molecule has 29 heavy (non-hydrogen) atoms. The Hall–Kier alpha value is -3.16. The van der Waals surface area contributed by atoms with E-state index in [2.05, 4.69) is 15.2 Å². The molecule has 8 heteroatoms. The predicted octanol–water partition coefficient (Wildman–Crippen LogP) is 2.85. The van der Waals surface area contributed by atoms with Gasteiger partial charge in [0.15, 0.2) is 0 Å². The average molecular weight is 394 g/mol. The van der Waals surface area contributed by atoms with Crippen LogP contribution in [-0.2, 0) is 13.1 Å². The molecule has 0 spiro atoms. The molecular formula is C21H26N6O2. The second kappa shape index (κ2) is 8.89. The van der Waals surface area contributed by atoms with E-state index in [4.69, 9.17) is 4.52 Å². The number of carbonyl (C=O) groups is 1. The Morgan fingerprint density at radius 1 is 1.28 bits per heavy atom. The van der Waals surface area contributed by atoms with Gasteiger partial charge in [0.25, 0.3) is 5.91 Å². The zero-order valence-electron chi connectivity index (χ0n) is 16.6. The summed E-state index contributed by atoms with van der Waals surface area (Å²) in [5.41, 5.74) is 1.48. The number of aryl methyl sites for hydroxylation is 1. The van der Waals surface area contributed by atoms with Crippen LogP contribution in [-0.4, -0.2) is 50.9 Å². The SMILES string of the molecule is CN(Cc1ccon1)c1ccc(C(=O)N2CCC(CCn3cccn3)CC2)cn1. The van der Waals surface area contributed by atoms with Crippen LogP contribution in [0, 0.1) is 5.92 Å². The Bertz CT molecular complexity index is 884. The Morgan fingerprint density at radius 3 is 2.79 bits per heavy atom. The van der Waals surface area contributed by atoms with E-state index in [0.717, 1.165) is 50.4 Å². The third-order valence-electron chi connectivity index (χ3n) is 5.50. The second-order valence-corrected chi connectivity index (χ2v) is 7.55. The molecular weight excluding hydrogens is 368 g/mol. The van der Waals surface area contributed by atoms with Crippen LogP contribution in [0.2, 0.25) is 0 Å². The lowest BCUT2D eigenvalue weighted by molar-refractivity contribution is 0.0684. The molecule has 0 unspecified atom stereocenters. The molecule has 0 N–H and O–H groups in total. The molecule has 0 atom stereocenters. The number of hydrogen-bond donors (Lipinski definition) is 0. The van der Waals surface area contributed by atoms with Crippen LogP contribution in [0.25, 0.3) is 0 Å². The van der Waals surface area contributed by atoms with Crippen molar-refractivity contribution < 1.29 is 9.32 Å². The van der Waals surface area contributed by atoms with Crippen LogP contribution in [0.5, 0.6) is 0 Å². The molecule has 1 amide bonds. The predicted molar refractivity (Wildman–Crippen MR) is 108 cm³/mol. The molecule has 0 aliphatic carbocycles. The van der Waals surface area contributed by atoms with Crippen molar-refractivity contribution in [2.45, 2.75) is 32.4 Å². The topological polar surface area (TPSA) is 80.3 Å². The summed E-state index contributed by atoms with van der Waals surface area (Å²) in [7, 11) is 1.94. The lowest BCUT2D eigenvalue weighted by Crippen LogP contribution is -2.38. The molecule has 152 valence electrons. The summed E-state index contributed by atoms with van der Waals surface area (Å²) in [5.74, 6) is 1.50. The molecule has 0 saturated carbocycles. The van der Waals surface area contributed by atoms with Crippen LogP contribution >= 0.6 is 0 Å². The van der Waals surface area contributed by atoms with Gasteiger partial charge in [-0.25, -0.2) is 4.98 Å². The highest BCUT2D eigenvalue weighted by atomic mass is 16.5. The maximum absolute atomic E-state index is 12.8. The van der Waals surface area contributed by atoms with E-state index in [1.54, 1.807) is 12.5 Å². The van der Waals surface area contributed by atoms with Gasteiger partial charge in [-0.3, -0.25) is 9.48 Å². The number of aromatic nitrogens is 4. The van der Waals surface area contributed by atoms with Crippen molar-refractivity contribution in [2.75, 3.05) is 25.0 Å². The summed E-state index contributed by atoms with van der Waals surface area (Å²) in [4.78, 5) is 21.2. The van der Waals surface area contributed by atoms with Gasteiger partial charge >= 0.3 is 0 Å². The van der Waals surface area contributed by atoms with Gasteiger partial charge in [-0.1, -0.05) is 5.16 Å². The van der Waals surface area contributed by atoms with E-state index >= 15 is 0 Å². The van der Waals surface area contributed by atoms with Gasteiger partial charge in [0.05, 0.1) is 12.1 Å². The largest absolute Gasteiger partial charge is 0.364 e. The van der Waals surface area contributed by atoms with Gasteiger partial charge in [-0.2, -0.15) is 5.10 Å². The fraction of sp³-hybridized carbons (Fsp3) is 0.429. The average Bonchev–Trinajstić information content (AvgIpc) is 3.46. The highest BCUT2D eigenvalue weighted by Crippen LogP contribution is 2.23. The Labute approximate surface area is 170 Å². The van der Waals surface area contributed by atoms with Gasteiger partial charge in [0.2, 0.25) is 0 Å². The maximum atomic E-state index is 12.8. The second-order valence-electron chi connectivity index (χ2n) is 7.55. The van der Waals surface area contributed by atoms with Crippen molar-refractivity contribution in [2.24, 2.45) is 5.92 Å². The summed E-state index contributed by atoms with van der Waals surface area (Å²) < 4.78 is 6.84. The van der Waals surface area contributed by atoms with E-state index in [1.165, 1.54) is 0 Å². The lowest BCUT2D eigenvalue weighted by Gasteiger charge is -2.32. The van der Waals surface area contributed by atoms with Gasteiger partial charge < -0.3 is 14.3 Å². The smallest absolute Gasteiger partial charge is 0.255 e. The van der Waals surface area contributed by atoms with Crippen molar-refractivity contribution in [1.29, 1.82) is 0 Å². The standard InChI is InChI=1S/C21H26N6O2/c1-25(16-19-8-14-29-24-19)20-4-3-18(15-22-20)21(28)26-11-5-17(6-12-26)7-13-27-10-2-9-23-27/h2-4,8-10,14-15,17H,5-7,11-13,16H2,1H3. The highest BCUT2D eigenvalue weighted by molar-refractivity contribution is 5.94. The molecule has 0 bridgehead atoms. The van der Waals surface area contributed by atoms with Crippen molar-refractivity contribution >= 4 is 11.7 Å². The molecule has 1 aliphatic heterocycles. The zero-order chi connectivity index (χ0) is 20.1. The van der Waals surface area contributed by atoms with Crippen molar-refractivity contribution in [1.82, 2.24) is 24.8 Å². The maximum Gasteiger partial charge on any atom is 0.255 e. The first-order valence-electron chi connectivity index (χ1n) is 10.0. The molecule has 3 aromatic rings. The van der Waals surface area contributed by atoms with Crippen LogP contribution in [0.4, 0.5) is 5.82 Å². The van der Waals surface area contributed by atoms with Crippen LogP contribution in [0.1, 0.15) is 35.3 Å². The molecule has 1 aliphatic rings. The zero-order valence-corrected chi connectivity index (χ0v) is 16.6. The molecule has 0 radical (unpaired) electrons. The lowest BCUT2D eigenvalue weighted by atomic mass is 9.93. The minimum atomic E-state index is 0.0636. The van der Waals surface area contributed by atoms with E-state index in [9.17, 15) is 4.79 Å². The van der Waals surface area contributed by atoms with Gasteiger partial charge in [-0.05, 0) is 43.4 Å². The quantitative estimate of drug-likeness (QED) is 0.613. The van der Waals surface area contributed by atoms with Crippen molar-refractivity contribution in [3.8, 4) is 0 Å². The summed E-state index contributed by atoms with van der Waals surface area (Å²) in [5, 5.41) is 8.17. The van der Waals surface area contributed by atoms with Gasteiger partial charge in [0, 0.05) is 51.3 Å². The summed E-state index contributed by atoms with van der Waals surface area (Å²) >= 11 is 0. The van der Waals surface area contributed by atoms with Gasteiger partial charge in [-0.15, -0.1) is 0 Å². The fourth-order valence-corrected chi connectivity index (χ4v) is 3.74. The fourth-order valence-electron chi connectivity index (χ4n) is 3.74. The Morgan fingerprint density at radius 2 is 2.14 bits per heavy atom. The Kier molecular flexibility index (Phi) is 5.88. The number of carbonyl (C=O) groups excluding carboxylic acids is 1. The summed E-state index contributed by atoms with van der Waals surface area (Å²) in [6.07, 6.45) is 10.2. The molecule has 1 fully saturated rings. The third-order valence-corrected chi connectivity index (χ3v) is 5.50. The minimum absolute atomic E-state index is 0.0636. The minimum Gasteiger partial charge on any atom is -0.364 e. The van der Waals surface area contributed by atoms with Crippen LogP contribution in [0.3, 0.4) is 0 Å². The van der Waals surface area contributed by atoms with E-state index < -0.39 is 0 Å². The first-order chi connectivity index (χ1) is 14.2. The number of pyridine rings is 1. The number of piperidine rings is 1. The van der Waals surface area contributed by atoms with Gasteiger partial charge in [0.1, 0.15) is 17.8 Å². The number of anilines is 1. The number of nitrogens with zero attached hydrogens (tertiary/aromatic N) is 6. The number of amides is 1. The molecule has 3 aromatic heterocycles. The van der Waals surface area contributed by atoms with Crippen molar-refractivity contribution in [3.63, 3.8) is 0 Å². The Balaban J connectivity index is 1.27. The normalized spacial score (nSPS) is 14.9. The molecule has 8 nitrogen and oxygen atoms in total. The number of hydrogen-bond acceptors (Lipinski definition) is 6. The van der Waals surface area contributed by atoms with E-state index in [1.807, 2.05) is 58.2 Å². The third kappa shape index (κ3) is 4.82. The summed E-state index contributed by atoms with van der Waals surface area (Å²) in [6, 6.07) is 7.51. The van der Waals surface area contributed by atoms with Crippen LogP contribution < -0.4 is 4.90 Å². The number of likely N-dealkylation sites (tertiary alicyclic amines) is 1. The first-order valence-corrected chi connectivity index (χ1v) is 10.0. The number of rotatable bonds is 7. The van der Waals surface area contributed by atoms with E-state index in [-0.39, 0.29) is 5.91 Å². The molecule has 4 rings (SSSR count). The summed E-state index contributed by atoms with van der Waals surface area (Å²) in [6.45, 7) is 3.15. The van der Waals surface area contributed by atoms with Crippen LogP contribution in [0.15, 0.2) is 53.6 Å².